The van der Waals surface area contributed by atoms with Crippen molar-refractivity contribution in [3.05, 3.63) is 65.7 Å². The minimum Gasteiger partial charge on any atom is -0.493 e. The Hall–Kier alpha value is -2.28. The average Bonchev–Trinajstić information content (AvgIpc) is 2.55. The fourth-order valence-corrected chi connectivity index (χ4v) is 3.21. The summed E-state index contributed by atoms with van der Waals surface area (Å²) in [6.07, 6.45) is 2.25. The van der Waals surface area contributed by atoms with Crippen LogP contribution in [0.3, 0.4) is 0 Å². The summed E-state index contributed by atoms with van der Waals surface area (Å²) in [5.41, 5.74) is 5.19. The van der Waals surface area contributed by atoms with Gasteiger partial charge in [-0.1, -0.05) is 48.5 Å². The van der Waals surface area contributed by atoms with Gasteiger partial charge in [0.05, 0.1) is 6.61 Å². The molecule has 0 saturated carbocycles. The lowest BCUT2D eigenvalue weighted by atomic mass is 9.93. The zero-order valence-corrected chi connectivity index (χ0v) is 12.2. The molecule has 1 nitrogen and oxygen atoms in total. The molecule has 1 aliphatic rings. The van der Waals surface area contributed by atoms with E-state index < -0.39 is 0 Å². The van der Waals surface area contributed by atoms with Crippen molar-refractivity contribution >= 4 is 10.8 Å². The third-order valence-corrected chi connectivity index (χ3v) is 4.37. The van der Waals surface area contributed by atoms with Gasteiger partial charge in [-0.05, 0) is 53.3 Å². The second-order valence-electron chi connectivity index (χ2n) is 5.75. The molecule has 1 heteroatoms. The zero-order valence-electron chi connectivity index (χ0n) is 12.2. The van der Waals surface area contributed by atoms with Crippen molar-refractivity contribution in [2.45, 2.75) is 19.8 Å². The summed E-state index contributed by atoms with van der Waals surface area (Å²) in [4.78, 5) is 0. The van der Waals surface area contributed by atoms with E-state index in [0.717, 1.165) is 25.2 Å². The minimum atomic E-state index is 0.830. The van der Waals surface area contributed by atoms with E-state index >= 15 is 0 Å². The van der Waals surface area contributed by atoms with E-state index in [4.69, 9.17) is 4.74 Å². The highest BCUT2D eigenvalue weighted by molar-refractivity contribution is 5.88. The van der Waals surface area contributed by atoms with Gasteiger partial charge < -0.3 is 4.74 Å². The molecule has 0 unspecified atom stereocenters. The van der Waals surface area contributed by atoms with Crippen molar-refractivity contribution < 1.29 is 4.74 Å². The van der Waals surface area contributed by atoms with Gasteiger partial charge in [-0.2, -0.15) is 0 Å². The standard InChI is InChI=1S/C20H18O/c1-14-8-11-19(20-18(14)7-4-12-21-20)17-10-9-15-5-2-3-6-16(15)13-17/h2-3,5-6,8-11,13H,4,7,12H2,1H3. The summed E-state index contributed by atoms with van der Waals surface area (Å²) in [7, 11) is 0. The molecule has 0 N–H and O–H groups in total. The van der Waals surface area contributed by atoms with Crippen LogP contribution in [-0.2, 0) is 6.42 Å². The molecule has 0 aliphatic carbocycles. The molecular formula is C20H18O. The van der Waals surface area contributed by atoms with Crippen LogP contribution in [0.25, 0.3) is 21.9 Å². The normalized spacial score (nSPS) is 13.8. The van der Waals surface area contributed by atoms with E-state index in [2.05, 4.69) is 61.5 Å². The highest BCUT2D eigenvalue weighted by Gasteiger charge is 2.17. The highest BCUT2D eigenvalue weighted by atomic mass is 16.5. The average molecular weight is 274 g/mol. The maximum Gasteiger partial charge on any atom is 0.130 e. The number of ether oxygens (including phenoxy) is 1. The fourth-order valence-electron chi connectivity index (χ4n) is 3.21. The first-order valence-electron chi connectivity index (χ1n) is 7.57. The van der Waals surface area contributed by atoms with E-state index in [9.17, 15) is 0 Å². The minimum absolute atomic E-state index is 0.830. The first kappa shape index (κ1) is 12.5. The second kappa shape index (κ2) is 4.92. The Morgan fingerprint density at radius 2 is 1.76 bits per heavy atom. The van der Waals surface area contributed by atoms with Crippen LogP contribution in [-0.4, -0.2) is 6.61 Å². The molecule has 0 amide bonds. The number of fused-ring (bicyclic) bond motifs is 2. The molecule has 0 atom stereocenters. The van der Waals surface area contributed by atoms with Crippen molar-refractivity contribution in [1.29, 1.82) is 0 Å². The van der Waals surface area contributed by atoms with Gasteiger partial charge in [-0.25, -0.2) is 0 Å². The van der Waals surface area contributed by atoms with Crippen LogP contribution in [0.1, 0.15) is 17.5 Å². The molecule has 3 aromatic rings. The van der Waals surface area contributed by atoms with Crippen LogP contribution in [0, 0.1) is 6.92 Å². The molecule has 0 aromatic heterocycles. The lowest BCUT2D eigenvalue weighted by molar-refractivity contribution is 0.289. The van der Waals surface area contributed by atoms with Crippen molar-refractivity contribution in [3.63, 3.8) is 0 Å². The van der Waals surface area contributed by atoms with E-state index in [1.165, 1.54) is 33.0 Å². The van der Waals surface area contributed by atoms with Crippen molar-refractivity contribution in [2.75, 3.05) is 6.61 Å². The first-order chi connectivity index (χ1) is 10.3. The number of rotatable bonds is 1. The van der Waals surface area contributed by atoms with Crippen molar-refractivity contribution in [3.8, 4) is 16.9 Å². The van der Waals surface area contributed by atoms with Gasteiger partial charge >= 0.3 is 0 Å². The largest absolute Gasteiger partial charge is 0.493 e. The molecule has 3 aromatic carbocycles. The predicted molar refractivity (Wildman–Crippen MR) is 87.9 cm³/mol. The maximum absolute atomic E-state index is 6.00. The van der Waals surface area contributed by atoms with Crippen LogP contribution >= 0.6 is 0 Å². The summed E-state index contributed by atoms with van der Waals surface area (Å²) < 4.78 is 6.00. The Morgan fingerprint density at radius 3 is 2.67 bits per heavy atom. The molecule has 0 radical (unpaired) electrons. The van der Waals surface area contributed by atoms with E-state index in [1.54, 1.807) is 0 Å². The number of aryl methyl sites for hydroxylation is 1. The third-order valence-electron chi connectivity index (χ3n) is 4.37. The van der Waals surface area contributed by atoms with Crippen molar-refractivity contribution in [2.24, 2.45) is 0 Å². The Labute approximate surface area is 125 Å². The van der Waals surface area contributed by atoms with Gasteiger partial charge in [0, 0.05) is 5.56 Å². The topological polar surface area (TPSA) is 9.23 Å². The maximum atomic E-state index is 6.00. The molecule has 0 saturated heterocycles. The van der Waals surface area contributed by atoms with Crippen LogP contribution in [0.5, 0.6) is 5.75 Å². The summed E-state index contributed by atoms with van der Waals surface area (Å²) in [6.45, 7) is 3.01. The lowest BCUT2D eigenvalue weighted by Crippen LogP contribution is -2.10. The SMILES string of the molecule is Cc1ccc(-c2ccc3ccccc3c2)c2c1CCCO2. The zero-order chi connectivity index (χ0) is 14.2. The molecular weight excluding hydrogens is 256 g/mol. The van der Waals surface area contributed by atoms with Gasteiger partial charge in [0.25, 0.3) is 0 Å². The number of hydrogen-bond donors (Lipinski definition) is 0. The van der Waals surface area contributed by atoms with Gasteiger partial charge in [0.15, 0.2) is 0 Å². The number of hydrogen-bond acceptors (Lipinski definition) is 1. The van der Waals surface area contributed by atoms with Gasteiger partial charge in [0.1, 0.15) is 5.75 Å². The molecule has 0 spiro atoms. The molecule has 1 heterocycles. The highest BCUT2D eigenvalue weighted by Crippen LogP contribution is 2.38. The number of benzene rings is 3. The predicted octanol–water partition coefficient (Wildman–Crippen LogP) is 5.14. The fraction of sp³-hybridized carbons (Fsp3) is 0.200. The van der Waals surface area contributed by atoms with Gasteiger partial charge in [-0.3, -0.25) is 0 Å². The van der Waals surface area contributed by atoms with E-state index in [-0.39, 0.29) is 0 Å². The summed E-state index contributed by atoms with van der Waals surface area (Å²) >= 11 is 0. The molecule has 0 fully saturated rings. The smallest absolute Gasteiger partial charge is 0.130 e. The van der Waals surface area contributed by atoms with Crippen LogP contribution in [0.4, 0.5) is 0 Å². The second-order valence-corrected chi connectivity index (χ2v) is 5.75. The van der Waals surface area contributed by atoms with Gasteiger partial charge in [-0.15, -0.1) is 0 Å². The van der Waals surface area contributed by atoms with Crippen LogP contribution in [0.2, 0.25) is 0 Å². The lowest BCUT2D eigenvalue weighted by Gasteiger charge is -2.22. The Morgan fingerprint density at radius 1 is 0.905 bits per heavy atom. The van der Waals surface area contributed by atoms with Crippen molar-refractivity contribution in [1.82, 2.24) is 0 Å². The molecule has 1 aliphatic heterocycles. The van der Waals surface area contributed by atoms with E-state index in [1.807, 2.05) is 0 Å². The quantitative estimate of drug-likeness (QED) is 0.597. The summed E-state index contributed by atoms with van der Waals surface area (Å²) in [6, 6.07) is 19.6. The summed E-state index contributed by atoms with van der Waals surface area (Å²) in [5.74, 6) is 1.09. The molecule has 104 valence electrons. The Balaban J connectivity index is 1.92. The third kappa shape index (κ3) is 2.09. The first-order valence-corrected chi connectivity index (χ1v) is 7.57. The van der Waals surface area contributed by atoms with Crippen LogP contribution in [0.15, 0.2) is 54.6 Å². The Kier molecular flexibility index (Phi) is 2.92. The van der Waals surface area contributed by atoms with Crippen LogP contribution < -0.4 is 4.74 Å². The van der Waals surface area contributed by atoms with Gasteiger partial charge in [0.2, 0.25) is 0 Å². The molecule has 0 bridgehead atoms. The monoisotopic (exact) mass is 274 g/mol. The molecule has 4 rings (SSSR count). The Bertz CT molecular complexity index is 817. The summed E-state index contributed by atoms with van der Waals surface area (Å²) in [5, 5.41) is 2.56. The molecule has 21 heavy (non-hydrogen) atoms. The van der Waals surface area contributed by atoms with E-state index in [0.29, 0.717) is 0 Å².